The maximum atomic E-state index is 13.3. The average molecular weight is 314 g/mol. The Morgan fingerprint density at radius 1 is 1.48 bits per heavy atom. The minimum absolute atomic E-state index is 0.00694. The molecule has 1 aliphatic rings. The standard InChI is InChI=1S/C14H17ClFN3O2/c15-11-4-3-10(7-12(11)16)18-14(21)19-5-1-2-9(8-19)6-13(17)20/h3-4,7,9H,1-2,5-6,8H2,(H2,17,20)(H,18,21). The van der Waals surface area contributed by atoms with Crippen LogP contribution in [0.3, 0.4) is 0 Å². The largest absolute Gasteiger partial charge is 0.370 e. The van der Waals surface area contributed by atoms with Crippen LogP contribution in [0.15, 0.2) is 18.2 Å². The Kier molecular flexibility index (Phi) is 5.01. The van der Waals surface area contributed by atoms with Crippen molar-refractivity contribution in [2.75, 3.05) is 18.4 Å². The van der Waals surface area contributed by atoms with Gasteiger partial charge in [-0.1, -0.05) is 11.6 Å². The fraction of sp³-hybridized carbons (Fsp3) is 0.429. The van der Waals surface area contributed by atoms with Gasteiger partial charge in [-0.25, -0.2) is 9.18 Å². The summed E-state index contributed by atoms with van der Waals surface area (Å²) < 4.78 is 13.3. The van der Waals surface area contributed by atoms with Gasteiger partial charge in [0.25, 0.3) is 0 Å². The number of piperidine rings is 1. The highest BCUT2D eigenvalue weighted by atomic mass is 35.5. The molecule has 0 aliphatic carbocycles. The van der Waals surface area contributed by atoms with Crippen molar-refractivity contribution in [2.45, 2.75) is 19.3 Å². The zero-order valence-corrected chi connectivity index (χ0v) is 12.2. The van der Waals surface area contributed by atoms with E-state index in [9.17, 15) is 14.0 Å². The second-order valence-electron chi connectivity index (χ2n) is 5.18. The number of hydrogen-bond donors (Lipinski definition) is 2. The maximum absolute atomic E-state index is 13.3. The van der Waals surface area contributed by atoms with E-state index in [0.29, 0.717) is 18.8 Å². The molecule has 5 nitrogen and oxygen atoms in total. The number of carbonyl (C=O) groups is 2. The Morgan fingerprint density at radius 3 is 2.90 bits per heavy atom. The molecule has 0 saturated carbocycles. The lowest BCUT2D eigenvalue weighted by atomic mass is 9.95. The highest BCUT2D eigenvalue weighted by Crippen LogP contribution is 2.22. The highest BCUT2D eigenvalue weighted by molar-refractivity contribution is 6.30. The number of urea groups is 1. The quantitative estimate of drug-likeness (QED) is 0.900. The molecule has 7 heteroatoms. The summed E-state index contributed by atoms with van der Waals surface area (Å²) in [5.74, 6) is -0.856. The predicted molar refractivity (Wildman–Crippen MR) is 78.5 cm³/mol. The lowest BCUT2D eigenvalue weighted by molar-refractivity contribution is -0.119. The summed E-state index contributed by atoms with van der Waals surface area (Å²) >= 11 is 5.59. The first-order chi connectivity index (χ1) is 9.95. The van der Waals surface area contributed by atoms with E-state index in [1.807, 2.05) is 0 Å². The van der Waals surface area contributed by atoms with Crippen LogP contribution < -0.4 is 11.1 Å². The first kappa shape index (κ1) is 15.6. The molecular formula is C14H17ClFN3O2. The first-order valence-electron chi connectivity index (χ1n) is 6.75. The third-order valence-corrected chi connectivity index (χ3v) is 3.77. The molecule has 114 valence electrons. The first-order valence-corrected chi connectivity index (χ1v) is 7.13. The lowest BCUT2D eigenvalue weighted by Gasteiger charge is -2.32. The van der Waals surface area contributed by atoms with Crippen molar-refractivity contribution >= 4 is 29.2 Å². The van der Waals surface area contributed by atoms with E-state index in [2.05, 4.69) is 5.32 Å². The molecule has 0 spiro atoms. The summed E-state index contributed by atoms with van der Waals surface area (Å²) in [6.45, 7) is 1.09. The molecule has 1 aliphatic heterocycles. The van der Waals surface area contributed by atoms with Crippen LogP contribution in [0, 0.1) is 11.7 Å². The lowest BCUT2D eigenvalue weighted by Crippen LogP contribution is -2.43. The van der Waals surface area contributed by atoms with Crippen molar-refractivity contribution in [2.24, 2.45) is 11.7 Å². The van der Waals surface area contributed by atoms with E-state index in [-0.39, 0.29) is 29.3 Å². The van der Waals surface area contributed by atoms with Crippen molar-refractivity contribution in [1.82, 2.24) is 4.90 Å². The van der Waals surface area contributed by atoms with E-state index < -0.39 is 5.82 Å². The Labute approximate surface area is 127 Å². The van der Waals surface area contributed by atoms with Gasteiger partial charge in [-0.15, -0.1) is 0 Å². The van der Waals surface area contributed by atoms with E-state index in [1.54, 1.807) is 4.90 Å². The summed E-state index contributed by atoms with van der Waals surface area (Å²) in [7, 11) is 0. The molecule has 0 radical (unpaired) electrons. The van der Waals surface area contributed by atoms with Gasteiger partial charge in [0.05, 0.1) is 5.02 Å². The Morgan fingerprint density at radius 2 is 2.24 bits per heavy atom. The van der Waals surface area contributed by atoms with Crippen molar-refractivity contribution in [3.05, 3.63) is 29.0 Å². The molecule has 21 heavy (non-hydrogen) atoms. The predicted octanol–water partition coefficient (Wildman–Crippen LogP) is 2.60. The number of amides is 3. The number of likely N-dealkylation sites (tertiary alicyclic amines) is 1. The normalized spacial score (nSPS) is 18.4. The van der Waals surface area contributed by atoms with Crippen molar-refractivity contribution in [1.29, 1.82) is 0 Å². The number of primary amides is 1. The molecule has 1 aromatic rings. The van der Waals surface area contributed by atoms with Crippen LogP contribution in [0.1, 0.15) is 19.3 Å². The average Bonchev–Trinajstić information content (AvgIpc) is 2.42. The summed E-state index contributed by atoms with van der Waals surface area (Å²) in [4.78, 5) is 24.7. The zero-order chi connectivity index (χ0) is 15.4. The second kappa shape index (κ2) is 6.76. The summed E-state index contributed by atoms with van der Waals surface area (Å²) in [6, 6.07) is 3.78. The molecule has 3 amide bonds. The van der Waals surface area contributed by atoms with Crippen molar-refractivity contribution in [3.8, 4) is 0 Å². The molecule has 1 unspecified atom stereocenters. The van der Waals surface area contributed by atoms with Crippen molar-refractivity contribution < 1.29 is 14.0 Å². The Balaban J connectivity index is 1.96. The number of anilines is 1. The number of rotatable bonds is 3. The van der Waals surface area contributed by atoms with Gasteiger partial charge in [-0.2, -0.15) is 0 Å². The number of hydrogen-bond acceptors (Lipinski definition) is 2. The van der Waals surface area contributed by atoms with Crippen LogP contribution in [-0.4, -0.2) is 29.9 Å². The Bertz CT molecular complexity index is 553. The van der Waals surface area contributed by atoms with Crippen LogP contribution in [0.5, 0.6) is 0 Å². The molecule has 2 rings (SSSR count). The minimum atomic E-state index is -0.584. The third-order valence-electron chi connectivity index (χ3n) is 3.47. The smallest absolute Gasteiger partial charge is 0.321 e. The van der Waals surface area contributed by atoms with Gasteiger partial charge in [0.15, 0.2) is 0 Å². The minimum Gasteiger partial charge on any atom is -0.370 e. The van der Waals surface area contributed by atoms with Gasteiger partial charge in [-0.3, -0.25) is 4.79 Å². The molecule has 1 saturated heterocycles. The fourth-order valence-corrected chi connectivity index (χ4v) is 2.59. The van der Waals surface area contributed by atoms with E-state index in [0.717, 1.165) is 12.8 Å². The number of nitrogens with zero attached hydrogens (tertiary/aromatic N) is 1. The number of carbonyl (C=O) groups excluding carboxylic acids is 2. The maximum Gasteiger partial charge on any atom is 0.321 e. The Hall–Kier alpha value is -1.82. The molecule has 1 heterocycles. The van der Waals surface area contributed by atoms with Crippen LogP contribution >= 0.6 is 11.6 Å². The van der Waals surface area contributed by atoms with E-state index in [1.165, 1.54) is 18.2 Å². The molecule has 3 N–H and O–H groups in total. The topological polar surface area (TPSA) is 75.4 Å². The molecule has 0 bridgehead atoms. The monoisotopic (exact) mass is 313 g/mol. The molecule has 1 fully saturated rings. The highest BCUT2D eigenvalue weighted by Gasteiger charge is 2.24. The third kappa shape index (κ3) is 4.32. The van der Waals surface area contributed by atoms with Gasteiger partial charge < -0.3 is 16.0 Å². The van der Waals surface area contributed by atoms with E-state index in [4.69, 9.17) is 17.3 Å². The molecule has 1 atom stereocenters. The fourth-order valence-electron chi connectivity index (χ4n) is 2.48. The summed E-state index contributed by atoms with van der Waals surface area (Å²) in [5.41, 5.74) is 5.53. The van der Waals surface area contributed by atoms with Gasteiger partial charge >= 0.3 is 6.03 Å². The van der Waals surface area contributed by atoms with Gasteiger partial charge in [0.2, 0.25) is 5.91 Å². The number of benzene rings is 1. The zero-order valence-electron chi connectivity index (χ0n) is 11.4. The van der Waals surface area contributed by atoms with Gasteiger partial charge in [-0.05, 0) is 37.0 Å². The summed E-state index contributed by atoms with van der Waals surface area (Å²) in [6.07, 6.45) is 1.97. The molecule has 1 aromatic carbocycles. The van der Waals surface area contributed by atoms with Gasteiger partial charge in [0.1, 0.15) is 5.82 Å². The second-order valence-corrected chi connectivity index (χ2v) is 5.59. The van der Waals surface area contributed by atoms with Crippen LogP contribution in [0.2, 0.25) is 5.02 Å². The molecular weight excluding hydrogens is 297 g/mol. The number of halogens is 2. The van der Waals surface area contributed by atoms with Crippen LogP contribution in [-0.2, 0) is 4.79 Å². The van der Waals surface area contributed by atoms with E-state index >= 15 is 0 Å². The SMILES string of the molecule is NC(=O)CC1CCCN(C(=O)Nc2ccc(Cl)c(F)c2)C1. The van der Waals surface area contributed by atoms with Crippen LogP contribution in [0.4, 0.5) is 14.9 Å². The van der Waals surface area contributed by atoms with Crippen molar-refractivity contribution in [3.63, 3.8) is 0 Å². The number of nitrogens with two attached hydrogens (primary N) is 1. The number of nitrogens with one attached hydrogen (secondary N) is 1. The van der Waals surface area contributed by atoms with Gasteiger partial charge in [0, 0.05) is 25.2 Å². The molecule has 0 aromatic heterocycles. The summed E-state index contributed by atoms with van der Waals surface area (Å²) in [5, 5.41) is 2.63. The van der Waals surface area contributed by atoms with Crippen LogP contribution in [0.25, 0.3) is 0 Å².